The van der Waals surface area contributed by atoms with Crippen molar-refractivity contribution in [1.82, 2.24) is 10.2 Å². The normalized spacial score (nSPS) is 10.3. The van der Waals surface area contributed by atoms with Crippen molar-refractivity contribution in [2.45, 2.75) is 13.3 Å². The van der Waals surface area contributed by atoms with E-state index in [1.165, 1.54) is 6.20 Å². The van der Waals surface area contributed by atoms with E-state index in [2.05, 4.69) is 10.2 Å². The number of nitrogens with one attached hydrogen (secondary N) is 1. The molecule has 62 valence electrons. The third kappa shape index (κ3) is 2.23. The molecule has 1 heterocycles. The van der Waals surface area contributed by atoms with Crippen LogP contribution in [0, 0.1) is 0 Å². The Morgan fingerprint density at radius 2 is 2.55 bits per heavy atom. The fourth-order valence-electron chi connectivity index (χ4n) is 0.809. The predicted octanol–water partition coefficient (Wildman–Crippen LogP) is 0.694. The second-order valence-corrected chi connectivity index (χ2v) is 2.16. The van der Waals surface area contributed by atoms with Crippen LogP contribution in [0.5, 0.6) is 5.75 Å². The lowest BCUT2D eigenvalue weighted by Crippen LogP contribution is -1.98. The summed E-state index contributed by atoms with van der Waals surface area (Å²) < 4.78 is 5.10. The molecule has 0 bridgehead atoms. The van der Waals surface area contributed by atoms with Crippen molar-refractivity contribution in [2.75, 3.05) is 13.2 Å². The van der Waals surface area contributed by atoms with Gasteiger partial charge in [-0.25, -0.2) is 0 Å². The average molecular weight is 156 g/mol. The molecule has 1 aromatic heterocycles. The van der Waals surface area contributed by atoms with Gasteiger partial charge in [-0.05, 0) is 6.92 Å². The molecule has 0 saturated carbocycles. The summed E-state index contributed by atoms with van der Waals surface area (Å²) >= 11 is 0. The van der Waals surface area contributed by atoms with Gasteiger partial charge in [0.2, 0.25) is 0 Å². The number of aromatic amines is 1. The van der Waals surface area contributed by atoms with Crippen LogP contribution in [0.25, 0.3) is 0 Å². The maximum absolute atomic E-state index is 9.10. The highest BCUT2D eigenvalue weighted by Gasteiger charge is 2.01. The fraction of sp³-hybridized carbons (Fsp3) is 0.571. The van der Waals surface area contributed by atoms with Crippen LogP contribution in [0.15, 0.2) is 6.20 Å². The van der Waals surface area contributed by atoms with Crippen LogP contribution in [0.2, 0.25) is 0 Å². The van der Waals surface area contributed by atoms with E-state index in [-0.39, 0.29) is 5.75 Å². The van der Waals surface area contributed by atoms with Crippen LogP contribution in [-0.2, 0) is 11.2 Å². The molecule has 0 atom stereocenters. The van der Waals surface area contributed by atoms with E-state index in [0.717, 1.165) is 0 Å². The summed E-state index contributed by atoms with van der Waals surface area (Å²) in [7, 11) is 0. The molecule has 0 fully saturated rings. The average Bonchev–Trinajstić information content (AvgIpc) is 2.37. The van der Waals surface area contributed by atoms with Crippen LogP contribution < -0.4 is 0 Å². The van der Waals surface area contributed by atoms with E-state index in [1.54, 1.807) is 0 Å². The Bertz CT molecular complexity index is 210. The molecule has 0 aliphatic carbocycles. The SMILES string of the molecule is CCOCCc1n[nH]cc1O. The molecule has 2 N–H and O–H groups in total. The second kappa shape index (κ2) is 3.98. The zero-order valence-corrected chi connectivity index (χ0v) is 6.50. The third-order valence-electron chi connectivity index (χ3n) is 1.38. The molecule has 4 nitrogen and oxygen atoms in total. The highest BCUT2D eigenvalue weighted by atomic mass is 16.5. The number of ether oxygens (including phenoxy) is 1. The lowest BCUT2D eigenvalue weighted by molar-refractivity contribution is 0.149. The topological polar surface area (TPSA) is 58.1 Å². The fourth-order valence-corrected chi connectivity index (χ4v) is 0.809. The van der Waals surface area contributed by atoms with Gasteiger partial charge in [-0.2, -0.15) is 5.10 Å². The van der Waals surface area contributed by atoms with E-state index < -0.39 is 0 Å². The van der Waals surface area contributed by atoms with Crippen LogP contribution in [0.3, 0.4) is 0 Å². The monoisotopic (exact) mass is 156 g/mol. The Balaban J connectivity index is 2.32. The lowest BCUT2D eigenvalue weighted by atomic mass is 10.3. The first-order valence-electron chi connectivity index (χ1n) is 3.64. The van der Waals surface area contributed by atoms with Crippen molar-refractivity contribution < 1.29 is 9.84 Å². The van der Waals surface area contributed by atoms with Gasteiger partial charge in [-0.15, -0.1) is 0 Å². The number of nitrogens with zero attached hydrogens (tertiary/aromatic N) is 1. The predicted molar refractivity (Wildman–Crippen MR) is 40.4 cm³/mol. The Morgan fingerprint density at radius 1 is 1.73 bits per heavy atom. The smallest absolute Gasteiger partial charge is 0.156 e. The summed E-state index contributed by atoms with van der Waals surface area (Å²) in [6.45, 7) is 3.24. The maximum Gasteiger partial charge on any atom is 0.156 e. The van der Waals surface area contributed by atoms with Gasteiger partial charge in [0.25, 0.3) is 0 Å². The van der Waals surface area contributed by atoms with E-state index in [9.17, 15) is 0 Å². The molecule has 0 aliphatic rings. The van der Waals surface area contributed by atoms with Crippen LogP contribution >= 0.6 is 0 Å². The number of aromatic hydroxyl groups is 1. The van der Waals surface area contributed by atoms with Crippen LogP contribution in [-0.4, -0.2) is 28.5 Å². The summed E-state index contributed by atoms with van der Waals surface area (Å²) in [5, 5.41) is 15.5. The first-order valence-corrected chi connectivity index (χ1v) is 3.64. The number of hydrogen-bond acceptors (Lipinski definition) is 3. The van der Waals surface area contributed by atoms with Crippen molar-refractivity contribution in [2.24, 2.45) is 0 Å². The van der Waals surface area contributed by atoms with E-state index >= 15 is 0 Å². The summed E-state index contributed by atoms with van der Waals surface area (Å²) in [5.74, 6) is 0.213. The summed E-state index contributed by atoms with van der Waals surface area (Å²) in [5.41, 5.74) is 0.665. The molecule has 0 amide bonds. The van der Waals surface area contributed by atoms with Gasteiger partial charge in [0.1, 0.15) is 5.69 Å². The van der Waals surface area contributed by atoms with Crippen molar-refractivity contribution >= 4 is 0 Å². The zero-order chi connectivity index (χ0) is 8.10. The quantitative estimate of drug-likeness (QED) is 0.631. The Labute approximate surface area is 65.2 Å². The first-order chi connectivity index (χ1) is 5.34. The van der Waals surface area contributed by atoms with Crippen LogP contribution in [0.1, 0.15) is 12.6 Å². The number of hydrogen-bond donors (Lipinski definition) is 2. The highest BCUT2D eigenvalue weighted by molar-refractivity contribution is 5.21. The largest absolute Gasteiger partial charge is 0.504 e. The molecule has 0 unspecified atom stereocenters. The molecule has 0 aliphatic heterocycles. The molecule has 0 saturated heterocycles. The first kappa shape index (κ1) is 8.07. The highest BCUT2D eigenvalue weighted by Crippen LogP contribution is 2.11. The molecule has 11 heavy (non-hydrogen) atoms. The van der Waals surface area contributed by atoms with Gasteiger partial charge in [0.05, 0.1) is 12.8 Å². The molecule has 0 aromatic carbocycles. The van der Waals surface area contributed by atoms with Gasteiger partial charge >= 0.3 is 0 Å². The minimum atomic E-state index is 0.213. The molecule has 0 spiro atoms. The maximum atomic E-state index is 9.10. The van der Waals surface area contributed by atoms with E-state index in [4.69, 9.17) is 9.84 Å². The molecule has 0 radical (unpaired) electrons. The number of aromatic nitrogens is 2. The Morgan fingerprint density at radius 3 is 3.09 bits per heavy atom. The Hall–Kier alpha value is -1.03. The number of rotatable bonds is 4. The van der Waals surface area contributed by atoms with Gasteiger partial charge in [-0.3, -0.25) is 5.10 Å². The molecule has 4 heteroatoms. The van der Waals surface area contributed by atoms with Gasteiger partial charge < -0.3 is 9.84 Å². The molecular weight excluding hydrogens is 144 g/mol. The molecular formula is C7H12N2O2. The standard InChI is InChI=1S/C7H12N2O2/c1-2-11-4-3-6-7(10)5-8-9-6/h5,10H,2-4H2,1H3,(H,8,9). The van der Waals surface area contributed by atoms with Crippen LogP contribution in [0.4, 0.5) is 0 Å². The van der Waals surface area contributed by atoms with Crippen molar-refractivity contribution in [3.05, 3.63) is 11.9 Å². The van der Waals surface area contributed by atoms with Gasteiger partial charge in [0.15, 0.2) is 5.75 Å². The summed E-state index contributed by atoms with van der Waals surface area (Å²) in [4.78, 5) is 0. The molecule has 1 rings (SSSR count). The summed E-state index contributed by atoms with van der Waals surface area (Å²) in [6.07, 6.45) is 2.12. The van der Waals surface area contributed by atoms with Gasteiger partial charge in [-0.1, -0.05) is 0 Å². The van der Waals surface area contributed by atoms with E-state index in [1.807, 2.05) is 6.92 Å². The third-order valence-corrected chi connectivity index (χ3v) is 1.38. The Kier molecular flexibility index (Phi) is 2.92. The van der Waals surface area contributed by atoms with Crippen molar-refractivity contribution in [3.8, 4) is 5.75 Å². The van der Waals surface area contributed by atoms with Gasteiger partial charge in [0, 0.05) is 13.0 Å². The van der Waals surface area contributed by atoms with Crippen molar-refractivity contribution in [1.29, 1.82) is 0 Å². The second-order valence-electron chi connectivity index (χ2n) is 2.16. The minimum Gasteiger partial charge on any atom is -0.504 e. The summed E-state index contributed by atoms with van der Waals surface area (Å²) in [6, 6.07) is 0. The molecule has 1 aromatic rings. The van der Waals surface area contributed by atoms with E-state index in [0.29, 0.717) is 25.3 Å². The number of H-pyrrole nitrogens is 1. The lowest BCUT2D eigenvalue weighted by Gasteiger charge is -1.97. The van der Waals surface area contributed by atoms with Crippen molar-refractivity contribution in [3.63, 3.8) is 0 Å². The minimum absolute atomic E-state index is 0.213. The zero-order valence-electron chi connectivity index (χ0n) is 6.50.